The summed E-state index contributed by atoms with van der Waals surface area (Å²) in [7, 11) is 0. The fraction of sp³-hybridized carbons (Fsp3) is 0.750. The number of nitrogens with zero attached hydrogens (tertiary/aromatic N) is 3. The Bertz CT molecular complexity index is 300. The molecule has 1 aromatic heterocycles. The van der Waals surface area contributed by atoms with Crippen LogP contribution in [0.25, 0.3) is 0 Å². The first kappa shape index (κ1) is 12.0. The fourth-order valence-corrected chi connectivity index (χ4v) is 1.64. The second-order valence-electron chi connectivity index (χ2n) is 3.72. The number of nitrogens with two attached hydrogens (primary N) is 1. The molecule has 0 saturated heterocycles. The van der Waals surface area contributed by atoms with E-state index in [9.17, 15) is 4.79 Å². The van der Waals surface area contributed by atoms with Crippen LogP contribution in [0.2, 0.25) is 0 Å². The predicted molar refractivity (Wildman–Crippen MR) is 58.3 cm³/mol. The van der Waals surface area contributed by atoms with Gasteiger partial charge < -0.3 is 5.73 Å². The maximum absolute atomic E-state index is 11.7. The zero-order chi connectivity index (χ0) is 11.3. The lowest BCUT2D eigenvalue weighted by atomic mass is 9.96. The minimum Gasteiger partial charge on any atom is -0.330 e. The van der Waals surface area contributed by atoms with Crippen LogP contribution in [0.4, 0.5) is 5.13 Å². The zero-order valence-corrected chi connectivity index (χ0v) is 9.62. The number of hydrogen-bond donors (Lipinski definition) is 2. The van der Waals surface area contributed by atoms with E-state index in [-0.39, 0.29) is 11.8 Å². The number of carbonyl (C=O) groups is 1. The molecule has 3 N–H and O–H groups in total. The Morgan fingerprint density at radius 2 is 2.33 bits per heavy atom. The largest absolute Gasteiger partial charge is 0.330 e. The van der Waals surface area contributed by atoms with Crippen LogP contribution >= 0.6 is 11.5 Å². The molecule has 0 aliphatic carbocycles. The number of anilines is 1. The minimum absolute atomic E-state index is 0.107. The highest BCUT2D eigenvalue weighted by Gasteiger charge is 2.19. The second kappa shape index (κ2) is 5.72. The number of amides is 1. The molecule has 0 aliphatic heterocycles. The number of hydrogen-bond acceptors (Lipinski definition) is 6. The Morgan fingerprint density at radius 3 is 2.80 bits per heavy atom. The lowest BCUT2D eigenvalue weighted by Crippen LogP contribution is -2.30. The van der Waals surface area contributed by atoms with E-state index in [0.29, 0.717) is 17.6 Å². The van der Waals surface area contributed by atoms with Gasteiger partial charge in [-0.25, -0.2) is 0 Å². The molecule has 0 saturated carbocycles. The molecule has 15 heavy (non-hydrogen) atoms. The summed E-state index contributed by atoms with van der Waals surface area (Å²) in [5.41, 5.74) is 5.54. The van der Waals surface area contributed by atoms with Crippen molar-refractivity contribution in [2.75, 3.05) is 11.9 Å². The number of carbonyl (C=O) groups excluding carboxylic acids is 1. The van der Waals surface area contributed by atoms with Crippen molar-refractivity contribution in [3.05, 3.63) is 0 Å². The van der Waals surface area contributed by atoms with E-state index in [1.807, 2.05) is 0 Å². The average molecular weight is 229 g/mol. The monoisotopic (exact) mass is 229 g/mol. The van der Waals surface area contributed by atoms with Crippen molar-refractivity contribution in [3.63, 3.8) is 0 Å². The highest BCUT2D eigenvalue weighted by atomic mass is 32.1. The molecule has 0 aliphatic rings. The van der Waals surface area contributed by atoms with Gasteiger partial charge in [-0.3, -0.25) is 10.1 Å². The third-order valence-corrected chi connectivity index (χ3v) is 2.45. The third-order valence-electron chi connectivity index (χ3n) is 1.94. The van der Waals surface area contributed by atoms with Crippen LogP contribution in [-0.2, 0) is 4.79 Å². The van der Waals surface area contributed by atoms with Crippen LogP contribution < -0.4 is 11.1 Å². The molecule has 0 fully saturated rings. The molecule has 1 atom stereocenters. The van der Waals surface area contributed by atoms with Gasteiger partial charge in [0.2, 0.25) is 11.0 Å². The highest BCUT2D eigenvalue weighted by molar-refractivity contribution is 7.09. The van der Waals surface area contributed by atoms with Crippen molar-refractivity contribution in [2.24, 2.45) is 17.6 Å². The number of nitrogens with one attached hydrogen (secondary N) is 1. The van der Waals surface area contributed by atoms with E-state index >= 15 is 0 Å². The molecule has 0 aromatic carbocycles. The first-order valence-electron chi connectivity index (χ1n) is 4.79. The summed E-state index contributed by atoms with van der Waals surface area (Å²) in [6.45, 7) is 4.46. The minimum atomic E-state index is -0.172. The van der Waals surface area contributed by atoms with Crippen LogP contribution in [0, 0.1) is 11.8 Å². The number of aromatic nitrogens is 3. The Kier molecular flexibility index (Phi) is 4.57. The van der Waals surface area contributed by atoms with Gasteiger partial charge in [0.25, 0.3) is 0 Å². The molecule has 7 heteroatoms. The van der Waals surface area contributed by atoms with Crippen molar-refractivity contribution in [1.82, 2.24) is 14.8 Å². The normalized spacial score (nSPS) is 12.8. The van der Waals surface area contributed by atoms with Crippen molar-refractivity contribution >= 4 is 22.6 Å². The molecule has 84 valence electrons. The molecule has 1 heterocycles. The Balaban J connectivity index is 2.50. The summed E-state index contributed by atoms with van der Waals surface area (Å²) in [6, 6.07) is 0. The van der Waals surface area contributed by atoms with Gasteiger partial charge in [-0.1, -0.05) is 23.4 Å². The van der Waals surface area contributed by atoms with Crippen LogP contribution in [0.15, 0.2) is 0 Å². The molecule has 6 nitrogen and oxygen atoms in total. The van der Waals surface area contributed by atoms with Crippen LogP contribution in [0.5, 0.6) is 0 Å². The summed E-state index contributed by atoms with van der Waals surface area (Å²) in [4.78, 5) is 11.7. The summed E-state index contributed by atoms with van der Waals surface area (Å²) < 4.78 is 3.56. The van der Waals surface area contributed by atoms with Crippen LogP contribution in [0.3, 0.4) is 0 Å². The standard InChI is InChI=1S/C8H15N5OS/c1-5(2)3-6(4-9)7(14)10-8-11-12-13-15-8/h5-6H,3-4,9H2,1-2H3,(H,10,11,13,14). The van der Waals surface area contributed by atoms with Gasteiger partial charge in [0, 0.05) is 18.1 Å². The van der Waals surface area contributed by atoms with Gasteiger partial charge in [0.1, 0.15) is 0 Å². The van der Waals surface area contributed by atoms with E-state index in [2.05, 4.69) is 34.0 Å². The number of rotatable bonds is 5. The van der Waals surface area contributed by atoms with Crippen molar-refractivity contribution in [1.29, 1.82) is 0 Å². The van der Waals surface area contributed by atoms with Crippen molar-refractivity contribution < 1.29 is 4.79 Å². The van der Waals surface area contributed by atoms with Gasteiger partial charge in [0.05, 0.1) is 5.92 Å². The topological polar surface area (TPSA) is 93.8 Å². The second-order valence-corrected chi connectivity index (χ2v) is 4.45. The smallest absolute Gasteiger partial charge is 0.231 e. The Labute approximate surface area is 92.4 Å². The van der Waals surface area contributed by atoms with E-state index in [4.69, 9.17) is 5.73 Å². The Hall–Kier alpha value is -1.08. The first-order chi connectivity index (χ1) is 7.13. The van der Waals surface area contributed by atoms with Crippen molar-refractivity contribution in [3.8, 4) is 0 Å². The maximum Gasteiger partial charge on any atom is 0.231 e. The molecular formula is C8H15N5OS. The Morgan fingerprint density at radius 1 is 1.60 bits per heavy atom. The van der Waals surface area contributed by atoms with E-state index in [0.717, 1.165) is 18.0 Å². The SMILES string of the molecule is CC(C)CC(CN)C(=O)Nc1nnns1. The predicted octanol–water partition coefficient (Wildman–Crippen LogP) is 0.493. The highest BCUT2D eigenvalue weighted by Crippen LogP contribution is 2.13. The van der Waals surface area contributed by atoms with Crippen LogP contribution in [-0.4, -0.2) is 27.3 Å². The average Bonchev–Trinajstić information content (AvgIpc) is 2.66. The van der Waals surface area contributed by atoms with Gasteiger partial charge in [-0.15, -0.1) is 0 Å². The van der Waals surface area contributed by atoms with E-state index in [1.54, 1.807) is 0 Å². The summed E-state index contributed by atoms with van der Waals surface area (Å²) in [5, 5.41) is 10.1. The molecule has 1 amide bonds. The van der Waals surface area contributed by atoms with Gasteiger partial charge in [-0.05, 0) is 17.6 Å². The van der Waals surface area contributed by atoms with Crippen molar-refractivity contribution in [2.45, 2.75) is 20.3 Å². The molecule has 0 bridgehead atoms. The molecule has 0 radical (unpaired) electrons. The third kappa shape index (κ3) is 3.88. The maximum atomic E-state index is 11.7. The van der Waals surface area contributed by atoms with E-state index < -0.39 is 0 Å². The summed E-state index contributed by atoms with van der Waals surface area (Å²) in [6.07, 6.45) is 0.772. The molecule has 1 rings (SSSR count). The van der Waals surface area contributed by atoms with E-state index in [1.165, 1.54) is 0 Å². The lowest BCUT2D eigenvalue weighted by Gasteiger charge is -2.15. The quantitative estimate of drug-likeness (QED) is 0.766. The van der Waals surface area contributed by atoms with Gasteiger partial charge in [0.15, 0.2) is 0 Å². The summed E-state index contributed by atoms with van der Waals surface area (Å²) >= 11 is 1.05. The fourth-order valence-electron chi connectivity index (χ4n) is 1.27. The lowest BCUT2D eigenvalue weighted by molar-refractivity contribution is -0.120. The first-order valence-corrected chi connectivity index (χ1v) is 5.56. The van der Waals surface area contributed by atoms with Gasteiger partial charge >= 0.3 is 0 Å². The molecular weight excluding hydrogens is 214 g/mol. The van der Waals surface area contributed by atoms with Gasteiger partial charge in [-0.2, -0.15) is 0 Å². The molecule has 1 unspecified atom stereocenters. The zero-order valence-electron chi connectivity index (χ0n) is 8.80. The molecule has 0 spiro atoms. The molecule has 1 aromatic rings. The summed E-state index contributed by atoms with van der Waals surface area (Å²) in [5.74, 6) is 0.162. The van der Waals surface area contributed by atoms with Crippen LogP contribution in [0.1, 0.15) is 20.3 Å².